The molecule has 1 fully saturated rings. The summed E-state index contributed by atoms with van der Waals surface area (Å²) in [6, 6.07) is 0.584. The van der Waals surface area contributed by atoms with Crippen molar-refractivity contribution in [1.82, 2.24) is 10.6 Å². The summed E-state index contributed by atoms with van der Waals surface area (Å²) in [4.78, 5) is 11.4. The normalized spacial score (nSPS) is 27.1. The van der Waals surface area contributed by atoms with Crippen molar-refractivity contribution in [2.45, 2.75) is 59.5 Å². The van der Waals surface area contributed by atoms with E-state index in [0.29, 0.717) is 17.9 Å². The first-order valence-corrected chi connectivity index (χ1v) is 6.48. The third kappa shape index (κ3) is 3.39. The van der Waals surface area contributed by atoms with E-state index in [-0.39, 0.29) is 12.1 Å². The predicted molar refractivity (Wildman–Crippen MR) is 67.3 cm³/mol. The van der Waals surface area contributed by atoms with Crippen LogP contribution in [0, 0.1) is 17.8 Å². The van der Waals surface area contributed by atoms with Gasteiger partial charge in [-0.25, -0.2) is 4.79 Å². The summed E-state index contributed by atoms with van der Waals surface area (Å²) in [6.45, 7) is 11.1. The molecule has 0 bridgehead atoms. The highest BCUT2D eigenvalue weighted by atomic mass is 16.2. The zero-order valence-corrected chi connectivity index (χ0v) is 11.2. The third-order valence-electron chi connectivity index (χ3n) is 3.51. The highest BCUT2D eigenvalue weighted by molar-refractivity contribution is 5.77. The van der Waals surface area contributed by atoms with Gasteiger partial charge in [-0.2, -0.15) is 0 Å². The number of urea groups is 1. The summed E-state index contributed by atoms with van der Waals surface area (Å²) in [5, 5.41) is 6.08. The topological polar surface area (TPSA) is 41.1 Å². The first-order valence-electron chi connectivity index (χ1n) is 6.48. The van der Waals surface area contributed by atoms with Crippen molar-refractivity contribution in [3.05, 3.63) is 0 Å². The summed E-state index contributed by atoms with van der Waals surface area (Å²) in [5.41, 5.74) is 0. The number of hydrogen-bond acceptors (Lipinski definition) is 1. The summed E-state index contributed by atoms with van der Waals surface area (Å²) in [6.07, 6.45) is 2.42. The maximum absolute atomic E-state index is 11.4. The van der Waals surface area contributed by atoms with Crippen LogP contribution in [0.4, 0.5) is 4.79 Å². The van der Waals surface area contributed by atoms with Crippen LogP contribution in [0.3, 0.4) is 0 Å². The largest absolute Gasteiger partial charge is 0.333 e. The highest BCUT2D eigenvalue weighted by Crippen LogP contribution is 2.23. The van der Waals surface area contributed by atoms with E-state index in [1.807, 2.05) is 0 Å². The Bertz CT molecular complexity index is 238. The van der Waals surface area contributed by atoms with E-state index < -0.39 is 0 Å². The first-order chi connectivity index (χ1) is 7.41. The van der Waals surface area contributed by atoms with Gasteiger partial charge in [0.05, 0.1) is 12.1 Å². The van der Waals surface area contributed by atoms with Crippen LogP contribution in [0.15, 0.2) is 0 Å². The highest BCUT2D eigenvalue weighted by Gasteiger charge is 2.36. The zero-order valence-electron chi connectivity index (χ0n) is 11.2. The molecule has 1 aliphatic heterocycles. The van der Waals surface area contributed by atoms with Gasteiger partial charge in [-0.3, -0.25) is 0 Å². The average Bonchev–Trinajstić information content (AvgIpc) is 2.56. The summed E-state index contributed by atoms with van der Waals surface area (Å²) in [7, 11) is 0. The van der Waals surface area contributed by atoms with E-state index >= 15 is 0 Å². The SMILES string of the molecule is CC(C)CCC(C)C1NC(=O)NC1C(C)C. The van der Waals surface area contributed by atoms with Gasteiger partial charge in [0.2, 0.25) is 0 Å². The van der Waals surface area contributed by atoms with Crippen molar-refractivity contribution in [1.29, 1.82) is 0 Å². The Morgan fingerprint density at radius 3 is 2.06 bits per heavy atom. The number of carbonyl (C=O) groups is 1. The van der Waals surface area contributed by atoms with Crippen LogP contribution in [0.25, 0.3) is 0 Å². The lowest BCUT2D eigenvalue weighted by atomic mass is 9.85. The van der Waals surface area contributed by atoms with E-state index in [2.05, 4.69) is 45.3 Å². The molecule has 3 heteroatoms. The van der Waals surface area contributed by atoms with Gasteiger partial charge in [0.1, 0.15) is 0 Å². The number of amides is 2. The quantitative estimate of drug-likeness (QED) is 0.743. The van der Waals surface area contributed by atoms with Crippen LogP contribution in [0.5, 0.6) is 0 Å². The molecule has 0 saturated carbocycles. The molecule has 0 aromatic rings. The Hall–Kier alpha value is -0.730. The molecule has 0 radical (unpaired) electrons. The lowest BCUT2D eigenvalue weighted by Gasteiger charge is -2.27. The minimum atomic E-state index is 0.0000898. The molecule has 1 aliphatic rings. The van der Waals surface area contributed by atoms with Crippen molar-refractivity contribution in [3.63, 3.8) is 0 Å². The standard InChI is InChI=1S/C13H26N2O/c1-8(2)6-7-10(5)12-11(9(3)4)14-13(16)15-12/h8-12H,6-7H2,1-5H3,(H2,14,15,16). The number of hydrogen-bond donors (Lipinski definition) is 2. The fourth-order valence-electron chi connectivity index (χ4n) is 2.38. The second-order valence-corrected chi connectivity index (χ2v) is 5.86. The van der Waals surface area contributed by atoms with Gasteiger partial charge < -0.3 is 10.6 Å². The average molecular weight is 226 g/mol. The van der Waals surface area contributed by atoms with E-state index in [1.54, 1.807) is 0 Å². The third-order valence-corrected chi connectivity index (χ3v) is 3.51. The van der Waals surface area contributed by atoms with E-state index in [1.165, 1.54) is 12.8 Å². The molecule has 3 atom stereocenters. The fraction of sp³-hybridized carbons (Fsp3) is 0.923. The van der Waals surface area contributed by atoms with Crippen LogP contribution in [0.2, 0.25) is 0 Å². The van der Waals surface area contributed by atoms with Gasteiger partial charge >= 0.3 is 6.03 Å². The Morgan fingerprint density at radius 1 is 1.00 bits per heavy atom. The molecule has 1 heterocycles. The molecule has 0 aliphatic carbocycles. The van der Waals surface area contributed by atoms with Crippen molar-refractivity contribution in [3.8, 4) is 0 Å². The fourth-order valence-corrected chi connectivity index (χ4v) is 2.38. The second kappa shape index (κ2) is 5.55. The van der Waals surface area contributed by atoms with Crippen molar-refractivity contribution < 1.29 is 4.79 Å². The summed E-state index contributed by atoms with van der Waals surface area (Å²) < 4.78 is 0. The van der Waals surface area contributed by atoms with Crippen LogP contribution >= 0.6 is 0 Å². The van der Waals surface area contributed by atoms with Gasteiger partial charge in [0, 0.05) is 0 Å². The van der Waals surface area contributed by atoms with Crippen LogP contribution < -0.4 is 10.6 Å². The number of rotatable bonds is 5. The number of carbonyl (C=O) groups excluding carboxylic acids is 1. The lowest BCUT2D eigenvalue weighted by Crippen LogP contribution is -2.42. The molecule has 1 saturated heterocycles. The van der Waals surface area contributed by atoms with Gasteiger partial charge in [-0.1, -0.05) is 41.0 Å². The van der Waals surface area contributed by atoms with Gasteiger partial charge in [-0.15, -0.1) is 0 Å². The minimum absolute atomic E-state index is 0.0000898. The number of nitrogens with one attached hydrogen (secondary N) is 2. The van der Waals surface area contributed by atoms with E-state index in [0.717, 1.165) is 5.92 Å². The Balaban J connectivity index is 2.52. The van der Waals surface area contributed by atoms with Gasteiger partial charge in [0.15, 0.2) is 0 Å². The maximum atomic E-state index is 11.4. The van der Waals surface area contributed by atoms with E-state index in [9.17, 15) is 4.79 Å². The smallest absolute Gasteiger partial charge is 0.315 e. The first kappa shape index (κ1) is 13.3. The molecule has 3 unspecified atom stereocenters. The summed E-state index contributed by atoms with van der Waals surface area (Å²) in [5.74, 6) is 1.78. The maximum Gasteiger partial charge on any atom is 0.315 e. The van der Waals surface area contributed by atoms with E-state index in [4.69, 9.17) is 0 Å². The molecule has 0 aromatic carbocycles. The van der Waals surface area contributed by atoms with Crippen LogP contribution in [-0.4, -0.2) is 18.1 Å². The molecule has 1 rings (SSSR count). The Morgan fingerprint density at radius 2 is 1.56 bits per heavy atom. The lowest BCUT2D eigenvalue weighted by molar-refractivity contribution is 0.245. The molecule has 0 spiro atoms. The Kier molecular flexibility index (Phi) is 4.63. The monoisotopic (exact) mass is 226 g/mol. The molecule has 2 N–H and O–H groups in total. The second-order valence-electron chi connectivity index (χ2n) is 5.86. The zero-order chi connectivity index (χ0) is 12.3. The van der Waals surface area contributed by atoms with Gasteiger partial charge in [0.25, 0.3) is 0 Å². The van der Waals surface area contributed by atoms with Crippen molar-refractivity contribution in [2.75, 3.05) is 0 Å². The Labute approximate surface area is 99.4 Å². The van der Waals surface area contributed by atoms with Crippen molar-refractivity contribution >= 4 is 6.03 Å². The molecule has 16 heavy (non-hydrogen) atoms. The molecule has 0 aromatic heterocycles. The van der Waals surface area contributed by atoms with Crippen LogP contribution in [-0.2, 0) is 0 Å². The van der Waals surface area contributed by atoms with Crippen molar-refractivity contribution in [2.24, 2.45) is 17.8 Å². The molecular weight excluding hydrogens is 200 g/mol. The molecule has 2 amide bonds. The molecule has 94 valence electrons. The predicted octanol–water partition coefficient (Wildman–Crippen LogP) is 2.76. The van der Waals surface area contributed by atoms with Gasteiger partial charge in [-0.05, 0) is 24.2 Å². The molecular formula is C13H26N2O. The minimum Gasteiger partial charge on any atom is -0.333 e. The van der Waals surface area contributed by atoms with Crippen LogP contribution in [0.1, 0.15) is 47.5 Å². The molecule has 3 nitrogen and oxygen atoms in total. The summed E-state index contributed by atoms with van der Waals surface area (Å²) >= 11 is 0.